The fourth-order valence-electron chi connectivity index (χ4n) is 1.22. The maximum absolute atomic E-state index is 11.2. The lowest BCUT2D eigenvalue weighted by Gasteiger charge is -2.06. The van der Waals surface area contributed by atoms with Crippen molar-refractivity contribution in [3.63, 3.8) is 0 Å². The highest BCUT2D eigenvalue weighted by atomic mass is 16.1. The van der Waals surface area contributed by atoms with Gasteiger partial charge >= 0.3 is 0 Å². The maximum atomic E-state index is 11.2. The third kappa shape index (κ3) is 3.58. The van der Waals surface area contributed by atoms with Crippen LogP contribution in [0.1, 0.15) is 18.9 Å². The van der Waals surface area contributed by atoms with Crippen LogP contribution in [0.5, 0.6) is 0 Å². The zero-order valence-corrected chi connectivity index (χ0v) is 9.16. The van der Waals surface area contributed by atoms with Crippen LogP contribution in [0.15, 0.2) is 18.3 Å². The van der Waals surface area contributed by atoms with Crippen molar-refractivity contribution < 1.29 is 4.79 Å². The summed E-state index contributed by atoms with van der Waals surface area (Å²) in [4.78, 5) is 15.2. The molecule has 84 valence electrons. The van der Waals surface area contributed by atoms with Crippen LogP contribution in [0.25, 0.3) is 0 Å². The Morgan fingerprint density at radius 3 is 3.12 bits per heavy atom. The number of nitrogens with one attached hydrogen (secondary N) is 2. The van der Waals surface area contributed by atoms with Gasteiger partial charge in [0.15, 0.2) is 0 Å². The summed E-state index contributed by atoms with van der Waals surface area (Å²) in [6.45, 7) is 2.97. The first-order chi connectivity index (χ1) is 7.77. The molecule has 0 saturated heterocycles. The summed E-state index contributed by atoms with van der Waals surface area (Å²) >= 11 is 0. The summed E-state index contributed by atoms with van der Waals surface area (Å²) in [5.41, 5.74) is 0.485. The van der Waals surface area contributed by atoms with Crippen molar-refractivity contribution in [3.05, 3.63) is 23.9 Å². The predicted molar refractivity (Wildman–Crippen MR) is 60.7 cm³/mol. The molecule has 0 fully saturated rings. The second kappa shape index (κ2) is 6.40. The van der Waals surface area contributed by atoms with E-state index in [9.17, 15) is 4.79 Å². The fraction of sp³-hybridized carbons (Fsp3) is 0.364. The number of anilines is 1. The van der Waals surface area contributed by atoms with Gasteiger partial charge in [0, 0.05) is 25.7 Å². The Morgan fingerprint density at radius 2 is 2.44 bits per heavy atom. The molecule has 0 aromatic carbocycles. The van der Waals surface area contributed by atoms with Gasteiger partial charge in [-0.2, -0.15) is 5.26 Å². The number of hydrogen-bond donors (Lipinski definition) is 2. The minimum atomic E-state index is -0.00978. The van der Waals surface area contributed by atoms with Gasteiger partial charge in [0.2, 0.25) is 5.91 Å². The molecule has 0 aliphatic carbocycles. The summed E-state index contributed by atoms with van der Waals surface area (Å²) in [5, 5.41) is 14.5. The van der Waals surface area contributed by atoms with Gasteiger partial charge < -0.3 is 10.6 Å². The molecular weight excluding hydrogens is 204 g/mol. The summed E-state index contributed by atoms with van der Waals surface area (Å²) < 4.78 is 0. The van der Waals surface area contributed by atoms with Crippen molar-refractivity contribution in [3.8, 4) is 6.07 Å². The normalized spacial score (nSPS) is 9.25. The number of rotatable bonds is 5. The van der Waals surface area contributed by atoms with Gasteiger partial charge in [0.1, 0.15) is 11.9 Å². The van der Waals surface area contributed by atoms with Crippen LogP contribution in [0, 0.1) is 11.3 Å². The Bertz CT molecular complexity index is 397. The van der Waals surface area contributed by atoms with Gasteiger partial charge in [-0.3, -0.25) is 4.79 Å². The molecule has 5 nitrogen and oxygen atoms in total. The monoisotopic (exact) mass is 218 g/mol. The molecule has 2 N–H and O–H groups in total. The minimum Gasteiger partial charge on any atom is -0.368 e. The molecule has 1 amide bonds. The Labute approximate surface area is 94.5 Å². The topological polar surface area (TPSA) is 77.8 Å². The van der Waals surface area contributed by atoms with E-state index >= 15 is 0 Å². The van der Waals surface area contributed by atoms with Crippen LogP contribution in [0.4, 0.5) is 5.82 Å². The molecule has 0 bridgehead atoms. The minimum absolute atomic E-state index is 0.00978. The first-order valence-electron chi connectivity index (χ1n) is 5.13. The largest absolute Gasteiger partial charge is 0.368 e. The summed E-state index contributed by atoms with van der Waals surface area (Å²) in [5.74, 6) is 0.513. The quantitative estimate of drug-likeness (QED) is 0.769. The van der Waals surface area contributed by atoms with E-state index in [0.717, 1.165) is 0 Å². The summed E-state index contributed by atoms with van der Waals surface area (Å²) in [6, 6.07) is 5.42. The Morgan fingerprint density at radius 1 is 1.62 bits per heavy atom. The number of amides is 1. The number of nitriles is 1. The van der Waals surface area contributed by atoms with Crippen molar-refractivity contribution in [2.45, 2.75) is 13.3 Å². The van der Waals surface area contributed by atoms with Crippen molar-refractivity contribution in [2.24, 2.45) is 0 Å². The molecule has 1 heterocycles. The zero-order chi connectivity index (χ0) is 11.8. The van der Waals surface area contributed by atoms with Crippen molar-refractivity contribution >= 4 is 11.7 Å². The van der Waals surface area contributed by atoms with Crippen LogP contribution in [-0.2, 0) is 4.79 Å². The van der Waals surface area contributed by atoms with Gasteiger partial charge in [-0.1, -0.05) is 0 Å². The highest BCUT2D eigenvalue weighted by molar-refractivity contribution is 5.76. The van der Waals surface area contributed by atoms with Gasteiger partial charge in [0.05, 0.1) is 5.56 Å². The molecule has 5 heteroatoms. The number of pyridine rings is 1. The first-order valence-corrected chi connectivity index (χ1v) is 5.13. The molecule has 1 aromatic rings. The molecule has 0 aliphatic heterocycles. The Hall–Kier alpha value is -2.09. The number of carbonyl (C=O) groups is 1. The average molecular weight is 218 g/mol. The Kier molecular flexibility index (Phi) is 4.80. The van der Waals surface area contributed by atoms with Gasteiger partial charge in [0.25, 0.3) is 0 Å². The zero-order valence-electron chi connectivity index (χ0n) is 9.16. The van der Waals surface area contributed by atoms with E-state index < -0.39 is 0 Å². The summed E-state index contributed by atoms with van der Waals surface area (Å²) in [7, 11) is 0. The third-order valence-corrected chi connectivity index (χ3v) is 1.95. The lowest BCUT2D eigenvalue weighted by molar-refractivity contribution is -0.120. The summed E-state index contributed by atoms with van der Waals surface area (Å²) in [6.07, 6.45) is 1.98. The first kappa shape index (κ1) is 12.0. The van der Waals surface area contributed by atoms with Crippen LogP contribution < -0.4 is 10.6 Å². The molecule has 0 spiro atoms. The van der Waals surface area contributed by atoms with Crippen molar-refractivity contribution in [2.75, 3.05) is 18.4 Å². The van der Waals surface area contributed by atoms with Crippen molar-refractivity contribution in [1.29, 1.82) is 5.26 Å². The van der Waals surface area contributed by atoms with Crippen molar-refractivity contribution in [1.82, 2.24) is 10.3 Å². The molecule has 1 rings (SSSR count). The van der Waals surface area contributed by atoms with E-state index in [1.54, 1.807) is 18.3 Å². The molecule has 0 saturated carbocycles. The molecule has 0 unspecified atom stereocenters. The maximum Gasteiger partial charge on any atom is 0.221 e. The van der Waals surface area contributed by atoms with Gasteiger partial charge in [-0.25, -0.2) is 4.98 Å². The second-order valence-corrected chi connectivity index (χ2v) is 3.14. The van der Waals surface area contributed by atoms with E-state index in [1.165, 1.54) is 0 Å². The van der Waals surface area contributed by atoms with E-state index in [1.807, 2.05) is 13.0 Å². The van der Waals surface area contributed by atoms with Gasteiger partial charge in [-0.05, 0) is 19.1 Å². The number of aromatic nitrogens is 1. The highest BCUT2D eigenvalue weighted by Crippen LogP contribution is 2.08. The van der Waals surface area contributed by atoms with Crippen LogP contribution in [-0.4, -0.2) is 24.0 Å². The highest BCUT2D eigenvalue weighted by Gasteiger charge is 2.03. The molecule has 0 atom stereocenters. The Balaban J connectivity index is 2.43. The smallest absolute Gasteiger partial charge is 0.221 e. The molecular formula is C11H14N4O. The number of carbonyl (C=O) groups excluding carboxylic acids is 1. The lowest BCUT2D eigenvalue weighted by Crippen LogP contribution is -2.24. The van der Waals surface area contributed by atoms with Crippen LogP contribution in [0.2, 0.25) is 0 Å². The third-order valence-electron chi connectivity index (χ3n) is 1.95. The van der Waals surface area contributed by atoms with Crippen LogP contribution in [0.3, 0.4) is 0 Å². The molecule has 16 heavy (non-hydrogen) atoms. The molecule has 1 aromatic heterocycles. The van der Waals surface area contributed by atoms with Gasteiger partial charge in [-0.15, -0.1) is 0 Å². The van der Waals surface area contributed by atoms with Crippen LogP contribution >= 0.6 is 0 Å². The van der Waals surface area contributed by atoms with E-state index in [0.29, 0.717) is 30.9 Å². The average Bonchev–Trinajstić information content (AvgIpc) is 2.30. The van der Waals surface area contributed by atoms with E-state index in [4.69, 9.17) is 5.26 Å². The standard InChI is InChI=1S/C11H14N4O/c1-2-13-10(16)5-7-15-11-9(8-12)4-3-6-14-11/h3-4,6H,2,5,7H2,1H3,(H,13,16)(H,14,15). The predicted octanol–water partition coefficient (Wildman–Crippen LogP) is 0.891. The molecule has 0 aliphatic rings. The lowest BCUT2D eigenvalue weighted by atomic mass is 10.3. The number of nitrogens with zero attached hydrogens (tertiary/aromatic N) is 2. The fourth-order valence-corrected chi connectivity index (χ4v) is 1.22. The number of hydrogen-bond acceptors (Lipinski definition) is 4. The molecule has 0 radical (unpaired) electrons. The SMILES string of the molecule is CCNC(=O)CCNc1ncccc1C#N. The van der Waals surface area contributed by atoms with E-state index in [2.05, 4.69) is 15.6 Å². The second-order valence-electron chi connectivity index (χ2n) is 3.14. The van der Waals surface area contributed by atoms with E-state index in [-0.39, 0.29) is 5.91 Å².